The Morgan fingerprint density at radius 3 is 2.54 bits per heavy atom. The van der Waals surface area contributed by atoms with E-state index in [0.717, 1.165) is 0 Å². The van der Waals surface area contributed by atoms with E-state index < -0.39 is 66.1 Å². The van der Waals surface area contributed by atoms with Gasteiger partial charge in [0.15, 0.2) is 0 Å². The summed E-state index contributed by atoms with van der Waals surface area (Å²) >= 11 is 6.14. The Kier molecular flexibility index (Phi) is 10.3. The highest BCUT2D eigenvalue weighted by Gasteiger charge is 2.75. The minimum atomic E-state index is -1.32. The molecule has 0 unspecified atom stereocenters. The quantitative estimate of drug-likeness (QED) is 0.234. The topological polar surface area (TPSA) is 125 Å². The van der Waals surface area contributed by atoms with Gasteiger partial charge in [0.25, 0.3) is 5.91 Å². The minimum absolute atomic E-state index is 0.106. The summed E-state index contributed by atoms with van der Waals surface area (Å²) in [5.41, 5.74) is -0.128. The van der Waals surface area contributed by atoms with Gasteiger partial charge in [-0.05, 0) is 56.0 Å². The molecule has 2 N–H and O–H groups in total. The molecule has 46 heavy (non-hydrogen) atoms. The van der Waals surface area contributed by atoms with E-state index in [1.165, 1.54) is 9.80 Å². The van der Waals surface area contributed by atoms with Gasteiger partial charge in [0, 0.05) is 23.7 Å². The summed E-state index contributed by atoms with van der Waals surface area (Å²) in [5.74, 6) is -3.64. The molecule has 3 fully saturated rings. The minimum Gasteiger partial charge on any atom is -0.460 e. The summed E-state index contributed by atoms with van der Waals surface area (Å²) in [7, 11) is 0. The molecule has 1 spiro atoms. The summed E-state index contributed by atoms with van der Waals surface area (Å²) in [6.45, 7) is 8.91. The van der Waals surface area contributed by atoms with E-state index in [4.69, 9.17) is 21.1 Å². The number of nitrogens with one attached hydrogen (secondary N) is 1. The first-order valence-electron chi connectivity index (χ1n) is 15.6. The Labute approximate surface area is 274 Å². The third kappa shape index (κ3) is 6.21. The molecule has 2 aromatic carbocycles. The molecule has 10 nitrogen and oxygen atoms in total. The summed E-state index contributed by atoms with van der Waals surface area (Å²) in [6, 6.07) is 13.7. The number of carbonyl (C=O) groups is 4. The van der Waals surface area contributed by atoms with Crippen LogP contribution in [0.4, 0.5) is 5.69 Å². The van der Waals surface area contributed by atoms with Gasteiger partial charge < -0.3 is 29.7 Å². The Morgan fingerprint density at radius 2 is 1.89 bits per heavy atom. The third-order valence-electron chi connectivity index (χ3n) is 9.13. The number of allylic oxidation sites excluding steroid dienone is 1. The number of aliphatic hydroxyl groups is 1. The van der Waals surface area contributed by atoms with Gasteiger partial charge in [-0.2, -0.15) is 0 Å². The number of esters is 1. The number of anilines is 1. The average molecular weight is 650 g/mol. The lowest BCUT2D eigenvalue weighted by Crippen LogP contribution is -2.57. The van der Waals surface area contributed by atoms with E-state index in [0.29, 0.717) is 35.5 Å². The third-order valence-corrected chi connectivity index (χ3v) is 9.38. The summed E-state index contributed by atoms with van der Waals surface area (Å²) in [6.07, 6.45) is 3.58. The van der Waals surface area contributed by atoms with Gasteiger partial charge in [0.05, 0.1) is 37.1 Å². The number of likely N-dealkylation sites (tertiary alicyclic amines) is 1. The van der Waals surface area contributed by atoms with Gasteiger partial charge >= 0.3 is 5.97 Å². The van der Waals surface area contributed by atoms with Crippen LogP contribution in [-0.2, 0) is 28.7 Å². The average Bonchev–Trinajstić information content (AvgIpc) is 3.70. The Balaban J connectivity index is 1.49. The maximum atomic E-state index is 14.8. The fourth-order valence-electron chi connectivity index (χ4n) is 7.12. The summed E-state index contributed by atoms with van der Waals surface area (Å²) < 4.78 is 12.3. The zero-order valence-corrected chi connectivity index (χ0v) is 26.6. The lowest BCUT2D eigenvalue weighted by molar-refractivity contribution is -0.159. The second-order valence-corrected chi connectivity index (χ2v) is 12.4. The molecule has 244 valence electrons. The van der Waals surface area contributed by atoms with Gasteiger partial charge in [-0.25, -0.2) is 0 Å². The Morgan fingerprint density at radius 1 is 1.17 bits per heavy atom. The van der Waals surface area contributed by atoms with Crippen molar-refractivity contribution in [1.82, 2.24) is 10.2 Å². The van der Waals surface area contributed by atoms with E-state index in [-0.39, 0.29) is 25.4 Å². The Bertz CT molecular complexity index is 1470. The van der Waals surface area contributed by atoms with Crippen molar-refractivity contribution in [2.45, 2.75) is 62.5 Å². The number of ether oxygens (including phenoxy) is 2. The molecule has 2 bridgehead atoms. The number of aliphatic hydroxyl groups excluding tert-OH is 1. The molecule has 0 aromatic heterocycles. The highest BCUT2D eigenvalue weighted by molar-refractivity contribution is 6.30. The molecule has 0 saturated carbocycles. The maximum absolute atomic E-state index is 14.8. The molecule has 3 heterocycles. The lowest BCUT2D eigenvalue weighted by Gasteiger charge is -2.39. The maximum Gasteiger partial charge on any atom is 0.312 e. The number of fused-ring (bicyclic) bond motifs is 1. The zero-order chi connectivity index (χ0) is 33.0. The molecule has 11 heteroatoms. The van der Waals surface area contributed by atoms with Crippen LogP contribution in [0.2, 0.25) is 5.02 Å². The molecule has 3 aliphatic rings. The predicted octanol–water partition coefficient (Wildman–Crippen LogP) is 3.98. The molecular weight excluding hydrogens is 610 g/mol. The lowest BCUT2D eigenvalue weighted by atomic mass is 9.70. The Hall–Kier alpha value is -3.99. The molecule has 5 rings (SSSR count). The van der Waals surface area contributed by atoms with Crippen LogP contribution < -0.4 is 10.2 Å². The normalized spacial score (nSPS) is 25.8. The SMILES string of the molecule is C=CCCC(=O)NC[C@@H](C)OC(=O)[C@@H]1[C@H]2C(=O)N([C@H](CO)c3ccccc3)[C@H](C(=O)N(CC=C)c3ccc(Cl)cc3)[C@]23CC[C@H]1O3. The summed E-state index contributed by atoms with van der Waals surface area (Å²) in [4.78, 5) is 58.1. The van der Waals surface area contributed by atoms with Gasteiger partial charge in [0.2, 0.25) is 11.8 Å². The number of hydrogen-bond donors (Lipinski definition) is 2. The standard InChI is InChI=1S/C35H40ClN3O7/c1-4-6-12-28(41)37-20-22(3)45-34(44)29-27-17-18-35(46-27)30(29)32(42)39(26(21-40)23-10-8-7-9-11-23)31(35)33(43)38(19-5-2)25-15-13-24(36)14-16-25/h4-5,7-11,13-16,22,26-27,29-31,40H,1-2,6,12,17-21H2,3H3,(H,37,41)/t22-,26-,27-,29+,30+,31-,35+/m1/s1. The van der Waals surface area contributed by atoms with Crippen molar-refractivity contribution in [3.63, 3.8) is 0 Å². The fourth-order valence-corrected chi connectivity index (χ4v) is 7.25. The van der Waals surface area contributed by atoms with Crippen LogP contribution in [0.25, 0.3) is 0 Å². The smallest absolute Gasteiger partial charge is 0.312 e. The largest absolute Gasteiger partial charge is 0.460 e. The van der Waals surface area contributed by atoms with Crippen LogP contribution in [-0.4, -0.2) is 77.2 Å². The van der Waals surface area contributed by atoms with Crippen LogP contribution in [0.15, 0.2) is 79.9 Å². The van der Waals surface area contributed by atoms with Crippen molar-refractivity contribution >= 4 is 41.0 Å². The molecule has 0 radical (unpaired) electrons. The van der Waals surface area contributed by atoms with Gasteiger partial charge in [-0.1, -0.05) is 54.1 Å². The van der Waals surface area contributed by atoms with Gasteiger partial charge in [0.1, 0.15) is 17.7 Å². The zero-order valence-electron chi connectivity index (χ0n) is 25.8. The molecule has 3 saturated heterocycles. The van der Waals surface area contributed by atoms with Crippen molar-refractivity contribution in [3.05, 3.63) is 90.5 Å². The number of amides is 3. The van der Waals surface area contributed by atoms with Crippen LogP contribution in [0.3, 0.4) is 0 Å². The van der Waals surface area contributed by atoms with Crippen molar-refractivity contribution < 1.29 is 33.8 Å². The first-order chi connectivity index (χ1) is 22.2. The monoisotopic (exact) mass is 649 g/mol. The number of halogens is 1. The van der Waals surface area contributed by atoms with Crippen molar-refractivity contribution in [1.29, 1.82) is 0 Å². The molecule has 3 amide bonds. The number of nitrogens with zero attached hydrogens (tertiary/aromatic N) is 2. The van der Waals surface area contributed by atoms with Crippen LogP contribution in [0.5, 0.6) is 0 Å². The first kappa shape index (κ1) is 33.4. The number of hydrogen-bond acceptors (Lipinski definition) is 7. The highest BCUT2D eigenvalue weighted by atomic mass is 35.5. The molecule has 3 aliphatic heterocycles. The number of carbonyl (C=O) groups excluding carboxylic acids is 4. The van der Waals surface area contributed by atoms with E-state index in [2.05, 4.69) is 18.5 Å². The van der Waals surface area contributed by atoms with E-state index in [9.17, 15) is 24.3 Å². The van der Waals surface area contributed by atoms with Crippen LogP contribution in [0, 0.1) is 11.8 Å². The van der Waals surface area contributed by atoms with E-state index >= 15 is 0 Å². The van der Waals surface area contributed by atoms with Gasteiger partial charge in [-0.15, -0.1) is 13.2 Å². The van der Waals surface area contributed by atoms with E-state index in [1.54, 1.807) is 67.6 Å². The van der Waals surface area contributed by atoms with Gasteiger partial charge in [-0.3, -0.25) is 19.2 Å². The molecule has 0 aliphatic carbocycles. The van der Waals surface area contributed by atoms with Crippen molar-refractivity contribution in [2.24, 2.45) is 11.8 Å². The first-order valence-corrected chi connectivity index (χ1v) is 16.0. The predicted molar refractivity (Wildman–Crippen MR) is 173 cm³/mol. The summed E-state index contributed by atoms with van der Waals surface area (Å²) in [5, 5.41) is 14.0. The van der Waals surface area contributed by atoms with Crippen molar-refractivity contribution in [3.8, 4) is 0 Å². The van der Waals surface area contributed by atoms with Crippen molar-refractivity contribution in [2.75, 3.05) is 24.6 Å². The highest BCUT2D eigenvalue weighted by Crippen LogP contribution is 2.60. The second-order valence-electron chi connectivity index (χ2n) is 12.0. The number of rotatable bonds is 14. The second kappa shape index (κ2) is 14.2. The molecule has 2 aromatic rings. The van der Waals surface area contributed by atoms with Crippen LogP contribution >= 0.6 is 11.6 Å². The van der Waals surface area contributed by atoms with E-state index in [1.807, 2.05) is 6.07 Å². The number of benzene rings is 2. The molecule has 7 atom stereocenters. The molecular formula is C35H40ClN3O7. The fraction of sp³-hybridized carbons (Fsp3) is 0.429. The van der Waals surface area contributed by atoms with Crippen LogP contribution in [0.1, 0.15) is 44.2 Å².